The zero-order valence-corrected chi connectivity index (χ0v) is 19.5. The summed E-state index contributed by atoms with van der Waals surface area (Å²) in [5.74, 6) is 0.630. The van der Waals surface area contributed by atoms with Gasteiger partial charge in [0.05, 0.1) is 22.4 Å². The van der Waals surface area contributed by atoms with Crippen LogP contribution in [0.15, 0.2) is 65.7 Å². The van der Waals surface area contributed by atoms with Gasteiger partial charge in [-0.1, -0.05) is 42.1 Å². The highest BCUT2D eigenvalue weighted by molar-refractivity contribution is 7.98. The van der Waals surface area contributed by atoms with Gasteiger partial charge in [-0.05, 0) is 43.2 Å². The molecule has 0 saturated carbocycles. The van der Waals surface area contributed by atoms with Crippen molar-refractivity contribution in [3.63, 3.8) is 0 Å². The van der Waals surface area contributed by atoms with Crippen molar-refractivity contribution in [3.05, 3.63) is 77.3 Å². The van der Waals surface area contributed by atoms with Crippen LogP contribution in [0.25, 0.3) is 11.0 Å². The maximum Gasteiger partial charge on any atom is 0.230 e. The minimum absolute atomic E-state index is 0.0463. The third-order valence-electron chi connectivity index (χ3n) is 5.14. The molecular weight excluding hydrogens is 424 g/mol. The topological polar surface area (TPSA) is 51.0 Å². The molecule has 7 heteroatoms. The second-order valence-electron chi connectivity index (χ2n) is 7.27. The maximum atomic E-state index is 12.5. The summed E-state index contributed by atoms with van der Waals surface area (Å²) in [5.41, 5.74) is 6.12. The summed E-state index contributed by atoms with van der Waals surface area (Å²) in [5, 5.41) is 3.65. The average molecular weight is 449 g/mol. The summed E-state index contributed by atoms with van der Waals surface area (Å²) >= 11 is 3.13. The van der Waals surface area contributed by atoms with E-state index < -0.39 is 0 Å². The van der Waals surface area contributed by atoms with Crippen molar-refractivity contribution in [2.75, 3.05) is 4.90 Å². The van der Waals surface area contributed by atoms with E-state index in [0.29, 0.717) is 17.4 Å². The molecule has 0 aliphatic rings. The lowest BCUT2D eigenvalue weighted by Crippen LogP contribution is -2.23. The van der Waals surface area contributed by atoms with Gasteiger partial charge >= 0.3 is 0 Å². The number of amides is 1. The molecule has 0 aliphatic heterocycles. The fourth-order valence-electron chi connectivity index (χ4n) is 3.46. The number of fused-ring (bicyclic) bond motifs is 1. The zero-order chi connectivity index (χ0) is 22.0. The fraction of sp³-hybridized carbons (Fsp3) is 0.208. The molecule has 0 aliphatic carbocycles. The van der Waals surface area contributed by atoms with Gasteiger partial charge in [-0.2, -0.15) is 0 Å². The van der Waals surface area contributed by atoms with Crippen LogP contribution in [0.4, 0.5) is 10.8 Å². The summed E-state index contributed by atoms with van der Waals surface area (Å²) < 4.78 is 2.16. The molecule has 2 aromatic heterocycles. The van der Waals surface area contributed by atoms with Crippen LogP contribution in [0.5, 0.6) is 0 Å². The van der Waals surface area contributed by atoms with Gasteiger partial charge < -0.3 is 4.57 Å². The van der Waals surface area contributed by atoms with E-state index in [1.807, 2.05) is 48.7 Å². The summed E-state index contributed by atoms with van der Waals surface area (Å²) in [6.07, 6.45) is 1.88. The zero-order valence-electron chi connectivity index (χ0n) is 17.8. The lowest BCUT2D eigenvalue weighted by molar-refractivity contribution is -0.115. The number of imidazole rings is 1. The molecule has 158 valence electrons. The predicted molar refractivity (Wildman–Crippen MR) is 130 cm³/mol. The first kappa shape index (κ1) is 21.3. The van der Waals surface area contributed by atoms with Crippen LogP contribution in [-0.4, -0.2) is 20.4 Å². The molecule has 0 N–H and O–H groups in total. The van der Waals surface area contributed by atoms with Crippen LogP contribution in [0.3, 0.4) is 0 Å². The Morgan fingerprint density at radius 2 is 2.00 bits per heavy atom. The molecule has 0 bridgehead atoms. The first-order chi connectivity index (χ1) is 15.0. The van der Waals surface area contributed by atoms with Crippen LogP contribution in [-0.2, 0) is 17.1 Å². The van der Waals surface area contributed by atoms with E-state index in [4.69, 9.17) is 9.97 Å². The van der Waals surface area contributed by atoms with Crippen LogP contribution >= 0.6 is 23.1 Å². The minimum atomic E-state index is -0.0463. The SMILES string of the molecule is C=CCn1c(SCc2csc(N(C(C)=O)c3cccc(C)c3C)n2)nc2ccccc21. The Labute approximate surface area is 190 Å². The first-order valence-electron chi connectivity index (χ1n) is 10.00. The minimum Gasteiger partial charge on any atom is -0.315 e. The summed E-state index contributed by atoms with van der Waals surface area (Å²) in [6, 6.07) is 14.1. The number of thiazole rings is 1. The van der Waals surface area contributed by atoms with E-state index in [-0.39, 0.29) is 5.91 Å². The lowest BCUT2D eigenvalue weighted by Gasteiger charge is -2.21. The van der Waals surface area contributed by atoms with Crippen LogP contribution < -0.4 is 4.90 Å². The Hall–Kier alpha value is -2.90. The van der Waals surface area contributed by atoms with Crippen LogP contribution in [0, 0.1) is 13.8 Å². The molecule has 0 atom stereocenters. The number of carbonyl (C=O) groups excluding carboxylic acids is 1. The van der Waals surface area contributed by atoms with E-state index >= 15 is 0 Å². The molecule has 0 saturated heterocycles. The number of hydrogen-bond acceptors (Lipinski definition) is 5. The number of aromatic nitrogens is 3. The third-order valence-corrected chi connectivity index (χ3v) is 7.03. The maximum absolute atomic E-state index is 12.5. The number of carbonyl (C=O) groups is 1. The Morgan fingerprint density at radius 1 is 1.19 bits per heavy atom. The molecular formula is C24H24N4OS2. The van der Waals surface area contributed by atoms with E-state index in [9.17, 15) is 4.79 Å². The number of thioether (sulfide) groups is 1. The molecule has 0 spiro atoms. The quantitative estimate of drug-likeness (QED) is 0.247. The van der Waals surface area contributed by atoms with Gasteiger partial charge in [-0.15, -0.1) is 17.9 Å². The highest BCUT2D eigenvalue weighted by Crippen LogP contribution is 2.34. The highest BCUT2D eigenvalue weighted by atomic mass is 32.2. The van der Waals surface area contributed by atoms with E-state index in [0.717, 1.165) is 38.7 Å². The van der Waals surface area contributed by atoms with Gasteiger partial charge in [0.2, 0.25) is 5.91 Å². The van der Waals surface area contributed by atoms with Gasteiger partial charge in [0.25, 0.3) is 0 Å². The third kappa shape index (κ3) is 4.29. The molecule has 4 rings (SSSR count). The van der Waals surface area contributed by atoms with E-state index in [1.165, 1.54) is 11.3 Å². The lowest BCUT2D eigenvalue weighted by atomic mass is 10.1. The fourth-order valence-corrected chi connectivity index (χ4v) is 5.36. The Balaban J connectivity index is 1.59. The highest BCUT2D eigenvalue weighted by Gasteiger charge is 2.20. The number of rotatable bonds is 7. The second kappa shape index (κ2) is 9.08. The molecule has 0 unspecified atom stereocenters. The van der Waals surface area contributed by atoms with Crippen LogP contribution in [0.1, 0.15) is 23.7 Å². The first-order valence-corrected chi connectivity index (χ1v) is 11.9. The van der Waals surface area contributed by atoms with Gasteiger partial charge in [0.15, 0.2) is 10.3 Å². The van der Waals surface area contributed by atoms with Crippen molar-refractivity contribution in [2.24, 2.45) is 0 Å². The molecule has 1 amide bonds. The Kier molecular flexibility index (Phi) is 6.25. The molecule has 31 heavy (non-hydrogen) atoms. The van der Waals surface area contributed by atoms with Gasteiger partial charge in [0.1, 0.15) is 0 Å². The Bertz CT molecular complexity index is 1260. The van der Waals surface area contributed by atoms with Crippen molar-refractivity contribution in [2.45, 2.75) is 38.2 Å². The molecule has 4 aromatic rings. The van der Waals surface area contributed by atoms with Gasteiger partial charge in [-0.25, -0.2) is 9.97 Å². The van der Waals surface area contributed by atoms with Crippen molar-refractivity contribution in [1.82, 2.24) is 14.5 Å². The number of para-hydroxylation sites is 2. The number of benzene rings is 2. The van der Waals surface area contributed by atoms with Crippen LogP contribution in [0.2, 0.25) is 0 Å². The number of hydrogen-bond donors (Lipinski definition) is 0. The summed E-state index contributed by atoms with van der Waals surface area (Å²) in [4.78, 5) is 23.7. The van der Waals surface area contributed by atoms with Crippen molar-refractivity contribution < 1.29 is 4.79 Å². The molecule has 5 nitrogen and oxygen atoms in total. The second-order valence-corrected chi connectivity index (χ2v) is 9.04. The number of aryl methyl sites for hydroxylation is 1. The van der Waals surface area contributed by atoms with Crippen molar-refractivity contribution in [1.29, 1.82) is 0 Å². The normalized spacial score (nSPS) is 11.1. The number of anilines is 2. The van der Waals surface area contributed by atoms with Crippen molar-refractivity contribution in [3.8, 4) is 0 Å². The molecule has 2 aromatic carbocycles. The summed E-state index contributed by atoms with van der Waals surface area (Å²) in [6.45, 7) is 10.2. The smallest absolute Gasteiger partial charge is 0.230 e. The Morgan fingerprint density at radius 3 is 2.77 bits per heavy atom. The standard InChI is InChI=1S/C24H24N4OS2/c1-5-13-27-22-11-7-6-10-20(22)26-23(27)30-14-19-15-31-24(25-19)28(18(4)29)21-12-8-9-16(2)17(21)3/h5-12,15H,1,13-14H2,2-4H3. The number of nitrogens with zero attached hydrogens (tertiary/aromatic N) is 4. The molecule has 2 heterocycles. The average Bonchev–Trinajstić information content (AvgIpc) is 3.35. The van der Waals surface area contributed by atoms with Gasteiger partial charge in [0, 0.05) is 24.6 Å². The largest absolute Gasteiger partial charge is 0.315 e. The number of allylic oxidation sites excluding steroid dienone is 1. The predicted octanol–water partition coefficient (Wildman–Crippen LogP) is 6.27. The van der Waals surface area contributed by atoms with Gasteiger partial charge in [-0.3, -0.25) is 9.69 Å². The van der Waals surface area contributed by atoms with E-state index in [1.54, 1.807) is 23.6 Å². The molecule has 0 radical (unpaired) electrons. The summed E-state index contributed by atoms with van der Waals surface area (Å²) in [7, 11) is 0. The van der Waals surface area contributed by atoms with E-state index in [2.05, 4.69) is 30.2 Å². The monoisotopic (exact) mass is 448 g/mol. The van der Waals surface area contributed by atoms with Crippen molar-refractivity contribution >= 4 is 50.9 Å². The molecule has 0 fully saturated rings.